The number of nitrogens with zero attached hydrogens (tertiary/aromatic N) is 4. The Morgan fingerprint density at radius 1 is 0.278 bits per heavy atom. The molecule has 8 heteroatoms. The monoisotopic (exact) mass is 1220 g/mol. The average molecular weight is 1220 g/mol. The minimum absolute atomic E-state index is 0.0163. The Balaban J connectivity index is 1.66. The van der Waals surface area contributed by atoms with Crippen molar-refractivity contribution in [1.82, 2.24) is 0 Å². The summed E-state index contributed by atoms with van der Waals surface area (Å²) in [6, 6.07) is 29.6. The molecular formula is C82H116N4O4. The van der Waals surface area contributed by atoms with Gasteiger partial charge in [0.25, 0.3) is 11.4 Å². The Morgan fingerprint density at radius 2 is 0.456 bits per heavy atom. The van der Waals surface area contributed by atoms with Crippen LogP contribution in [0.15, 0.2) is 108 Å². The molecule has 4 aromatic carbocycles. The Kier molecular flexibility index (Phi) is 42.9. The van der Waals surface area contributed by atoms with Gasteiger partial charge < -0.3 is 9.80 Å². The van der Waals surface area contributed by atoms with Gasteiger partial charge in [-0.1, -0.05) is 306 Å². The third kappa shape index (κ3) is 35.6. The van der Waals surface area contributed by atoms with E-state index in [2.05, 4.69) is 133 Å². The highest BCUT2D eigenvalue weighted by atomic mass is 16.6. The number of unbranched alkanes of at least 4 members (excludes halogenated alkanes) is 36. The SMILES string of the molecule is CCCCCCCCCCCCN(CCCCCCCCCCCC)c1ccc(C#C/C(C#Cc2ccc([N+](=O)[O-])cc2)=C(/C#Cc2ccc(N(CCCCCCCCCCCC)CCCCCCCCCCCC)cc2)C#Cc2ccc([N+](=O)[O-])cc2)cc1. The van der Waals surface area contributed by atoms with Crippen LogP contribution in [0.2, 0.25) is 0 Å². The number of benzene rings is 4. The summed E-state index contributed by atoms with van der Waals surface area (Å²) < 4.78 is 0. The molecule has 0 aliphatic carbocycles. The van der Waals surface area contributed by atoms with Crippen LogP contribution in [0, 0.1) is 67.6 Å². The molecule has 0 fully saturated rings. The third-order valence-corrected chi connectivity index (χ3v) is 17.3. The molecule has 0 amide bonds. The molecule has 4 rings (SSSR count). The quantitative estimate of drug-likeness (QED) is 0.0189. The van der Waals surface area contributed by atoms with Crippen LogP contribution in [0.3, 0.4) is 0 Å². The summed E-state index contributed by atoms with van der Waals surface area (Å²) in [7, 11) is 0. The molecule has 0 unspecified atom stereocenters. The Hall–Kier alpha value is -6.74. The second-order valence-electron chi connectivity index (χ2n) is 25.2. The zero-order chi connectivity index (χ0) is 64.2. The van der Waals surface area contributed by atoms with Crippen LogP contribution in [0.5, 0.6) is 0 Å². The predicted octanol–water partition coefficient (Wildman–Crippen LogP) is 23.6. The van der Waals surface area contributed by atoms with E-state index in [1.54, 1.807) is 24.3 Å². The Bertz CT molecular complexity index is 2580. The maximum atomic E-state index is 11.6. The molecule has 8 nitrogen and oxygen atoms in total. The van der Waals surface area contributed by atoms with Crippen LogP contribution in [-0.2, 0) is 0 Å². The zero-order valence-corrected chi connectivity index (χ0v) is 56.8. The van der Waals surface area contributed by atoms with Crippen LogP contribution >= 0.6 is 0 Å². The number of non-ortho nitro benzene ring substituents is 2. The van der Waals surface area contributed by atoms with Gasteiger partial charge in [0.1, 0.15) is 0 Å². The summed E-state index contributed by atoms with van der Waals surface area (Å²) in [6.07, 6.45) is 52.6. The van der Waals surface area contributed by atoms with E-state index in [1.807, 2.05) is 0 Å². The topological polar surface area (TPSA) is 92.8 Å². The predicted molar refractivity (Wildman–Crippen MR) is 385 cm³/mol. The molecule has 0 spiro atoms. The second kappa shape index (κ2) is 50.9. The molecular weight excluding hydrogens is 1100 g/mol. The number of nitro groups is 2. The molecule has 0 bridgehead atoms. The molecule has 0 aromatic heterocycles. The standard InChI is InChI=1S/C82H116N4O4/c1-5-9-13-17-21-25-29-33-37-41-69-83(70-42-38-34-30-26-22-18-14-10-6-2)79-61-49-73(50-62-79)45-57-77(59-47-75-53-65-81(66-54-75)85(87)88)78(60-48-76-55-67-82(68-56-76)86(89)90)58-46-74-51-63-80(64-52-74)84(71-43-39-35-31-27-23-19-15-11-7-3)72-44-40-36-32-28-24-20-16-12-8-4/h49-56,61-68H,5-44,69-72H2,1-4H3/b78-77+. The first kappa shape index (κ1) is 75.7. The molecule has 0 radical (unpaired) electrons. The first-order valence-electron chi connectivity index (χ1n) is 36.3. The van der Waals surface area contributed by atoms with Crippen molar-refractivity contribution in [2.45, 2.75) is 285 Å². The van der Waals surface area contributed by atoms with Crippen LogP contribution in [0.1, 0.15) is 307 Å². The normalized spacial score (nSPS) is 11.1. The number of nitro benzene ring substituents is 2. The van der Waals surface area contributed by atoms with Gasteiger partial charge in [-0.25, -0.2) is 0 Å². The Morgan fingerprint density at radius 3 is 0.644 bits per heavy atom. The van der Waals surface area contributed by atoms with Crippen molar-refractivity contribution in [2.24, 2.45) is 0 Å². The van der Waals surface area contributed by atoms with Gasteiger partial charge in [-0.05, 0) is 98.5 Å². The average Bonchev–Trinajstić information content (AvgIpc) is 3.44. The number of allylic oxidation sites excluding steroid dienone is 2. The minimum Gasteiger partial charge on any atom is -0.372 e. The van der Waals surface area contributed by atoms with Gasteiger partial charge in [-0.3, -0.25) is 20.2 Å². The highest BCUT2D eigenvalue weighted by molar-refractivity contribution is 5.66. The fraction of sp³-hybridized carbons (Fsp3) is 0.585. The third-order valence-electron chi connectivity index (χ3n) is 17.3. The van der Waals surface area contributed by atoms with E-state index in [4.69, 9.17) is 0 Å². The fourth-order valence-corrected chi connectivity index (χ4v) is 11.6. The summed E-state index contributed by atoms with van der Waals surface area (Å²) in [5.74, 6) is 26.5. The molecule has 0 atom stereocenters. The first-order valence-corrected chi connectivity index (χ1v) is 36.3. The molecule has 0 heterocycles. The summed E-state index contributed by atoms with van der Waals surface area (Å²) in [5, 5.41) is 23.1. The summed E-state index contributed by atoms with van der Waals surface area (Å²) in [5.41, 5.74) is 6.03. The lowest BCUT2D eigenvalue weighted by molar-refractivity contribution is -0.385. The highest BCUT2D eigenvalue weighted by Crippen LogP contribution is 2.23. The maximum Gasteiger partial charge on any atom is 0.269 e. The van der Waals surface area contributed by atoms with Gasteiger partial charge in [0, 0.05) is 84.1 Å². The molecule has 4 aromatic rings. The van der Waals surface area contributed by atoms with E-state index < -0.39 is 9.85 Å². The molecule has 488 valence electrons. The van der Waals surface area contributed by atoms with E-state index in [-0.39, 0.29) is 11.4 Å². The van der Waals surface area contributed by atoms with E-state index >= 15 is 0 Å². The van der Waals surface area contributed by atoms with Crippen molar-refractivity contribution < 1.29 is 9.85 Å². The lowest BCUT2D eigenvalue weighted by atomic mass is 10.0. The molecule has 0 aliphatic heterocycles. The largest absolute Gasteiger partial charge is 0.372 e. The molecule has 0 N–H and O–H groups in total. The van der Waals surface area contributed by atoms with Gasteiger partial charge in [0.05, 0.1) is 21.0 Å². The number of rotatable bonds is 48. The van der Waals surface area contributed by atoms with Gasteiger partial charge >= 0.3 is 0 Å². The summed E-state index contributed by atoms with van der Waals surface area (Å²) in [6.45, 7) is 13.3. The van der Waals surface area contributed by atoms with E-state index in [9.17, 15) is 20.2 Å². The number of hydrogen-bond acceptors (Lipinski definition) is 6. The number of hydrogen-bond donors (Lipinski definition) is 0. The van der Waals surface area contributed by atoms with Crippen LogP contribution in [-0.4, -0.2) is 36.0 Å². The van der Waals surface area contributed by atoms with E-state index in [0.29, 0.717) is 22.3 Å². The van der Waals surface area contributed by atoms with Crippen LogP contribution in [0.4, 0.5) is 22.7 Å². The molecule has 0 saturated heterocycles. The van der Waals surface area contributed by atoms with Crippen molar-refractivity contribution in [3.05, 3.63) is 151 Å². The molecule has 0 aliphatic rings. The summed E-state index contributed by atoms with van der Waals surface area (Å²) in [4.78, 5) is 27.5. The lowest BCUT2D eigenvalue weighted by Gasteiger charge is -2.25. The minimum atomic E-state index is -0.419. The molecule has 0 saturated carbocycles. The van der Waals surface area contributed by atoms with Crippen molar-refractivity contribution in [1.29, 1.82) is 0 Å². The first-order chi connectivity index (χ1) is 44.2. The van der Waals surface area contributed by atoms with Crippen molar-refractivity contribution in [2.75, 3.05) is 36.0 Å². The smallest absolute Gasteiger partial charge is 0.269 e. The fourth-order valence-electron chi connectivity index (χ4n) is 11.6. The zero-order valence-electron chi connectivity index (χ0n) is 56.8. The second-order valence-corrected chi connectivity index (χ2v) is 25.2. The van der Waals surface area contributed by atoms with Gasteiger partial charge in [-0.15, -0.1) is 0 Å². The maximum absolute atomic E-state index is 11.6. The van der Waals surface area contributed by atoms with Crippen molar-refractivity contribution in [3.63, 3.8) is 0 Å². The van der Waals surface area contributed by atoms with Crippen LogP contribution < -0.4 is 9.80 Å². The Labute approximate surface area is 548 Å². The van der Waals surface area contributed by atoms with Crippen LogP contribution in [0.25, 0.3) is 0 Å². The highest BCUT2D eigenvalue weighted by Gasteiger charge is 2.11. The van der Waals surface area contributed by atoms with Gasteiger partial charge in [0.2, 0.25) is 0 Å². The van der Waals surface area contributed by atoms with Gasteiger partial charge in [0.15, 0.2) is 0 Å². The van der Waals surface area contributed by atoms with E-state index in [0.717, 1.165) is 37.3 Å². The van der Waals surface area contributed by atoms with Crippen molar-refractivity contribution >= 4 is 22.7 Å². The van der Waals surface area contributed by atoms with Gasteiger partial charge in [-0.2, -0.15) is 0 Å². The molecule has 90 heavy (non-hydrogen) atoms. The summed E-state index contributed by atoms with van der Waals surface area (Å²) >= 11 is 0. The van der Waals surface area contributed by atoms with E-state index in [1.165, 1.54) is 292 Å². The number of anilines is 2. The lowest BCUT2D eigenvalue weighted by Crippen LogP contribution is -2.25. The van der Waals surface area contributed by atoms with Crippen molar-refractivity contribution in [3.8, 4) is 47.4 Å².